The molecule has 73 valence electrons. The van der Waals surface area contributed by atoms with Crippen molar-refractivity contribution in [1.29, 1.82) is 0 Å². The Morgan fingerprint density at radius 1 is 1.08 bits per heavy atom. The third-order valence-electron chi connectivity index (χ3n) is 1.37. The first-order chi connectivity index (χ1) is 5.13. The molecule has 1 radical (unpaired) electrons. The SMILES string of the molecule is CC(C)(C)COC([O])C(C)(C)C. The zero-order valence-electron chi connectivity index (χ0n) is 9.10. The van der Waals surface area contributed by atoms with Crippen molar-refractivity contribution in [2.45, 2.75) is 47.8 Å². The van der Waals surface area contributed by atoms with Gasteiger partial charge in [0.1, 0.15) is 0 Å². The van der Waals surface area contributed by atoms with Crippen LogP contribution in [0, 0.1) is 10.8 Å². The maximum absolute atomic E-state index is 11.4. The lowest BCUT2D eigenvalue weighted by molar-refractivity contribution is -0.206. The minimum absolute atomic E-state index is 0.0773. The minimum atomic E-state index is -0.920. The molecule has 0 saturated heterocycles. The van der Waals surface area contributed by atoms with Gasteiger partial charge in [-0.25, -0.2) is 5.11 Å². The van der Waals surface area contributed by atoms with E-state index in [1.165, 1.54) is 0 Å². The van der Waals surface area contributed by atoms with Crippen molar-refractivity contribution in [3.63, 3.8) is 0 Å². The van der Waals surface area contributed by atoms with Crippen molar-refractivity contribution >= 4 is 0 Å². The van der Waals surface area contributed by atoms with E-state index in [9.17, 15) is 5.11 Å². The van der Waals surface area contributed by atoms with Crippen LogP contribution >= 0.6 is 0 Å². The van der Waals surface area contributed by atoms with Gasteiger partial charge >= 0.3 is 0 Å². The summed E-state index contributed by atoms with van der Waals surface area (Å²) in [5.41, 5.74) is -0.223. The van der Waals surface area contributed by atoms with Crippen LogP contribution in [0.5, 0.6) is 0 Å². The van der Waals surface area contributed by atoms with Crippen molar-refractivity contribution in [3.05, 3.63) is 0 Å². The third kappa shape index (κ3) is 5.56. The molecule has 0 fully saturated rings. The Morgan fingerprint density at radius 2 is 1.50 bits per heavy atom. The van der Waals surface area contributed by atoms with Gasteiger partial charge in [-0.2, -0.15) is 0 Å². The highest BCUT2D eigenvalue weighted by Crippen LogP contribution is 2.23. The predicted octanol–water partition coefficient (Wildman–Crippen LogP) is 2.85. The lowest BCUT2D eigenvalue weighted by atomic mass is 9.95. The highest BCUT2D eigenvalue weighted by atomic mass is 16.6. The van der Waals surface area contributed by atoms with Crippen LogP contribution in [0.3, 0.4) is 0 Å². The molecule has 2 heteroatoms. The van der Waals surface area contributed by atoms with Gasteiger partial charge in [-0.3, -0.25) is 0 Å². The van der Waals surface area contributed by atoms with Gasteiger partial charge in [-0.15, -0.1) is 0 Å². The number of hydrogen-bond donors (Lipinski definition) is 0. The zero-order chi connectivity index (χ0) is 9.99. The van der Waals surface area contributed by atoms with Crippen molar-refractivity contribution in [2.75, 3.05) is 6.61 Å². The fourth-order valence-corrected chi connectivity index (χ4v) is 0.576. The molecule has 12 heavy (non-hydrogen) atoms. The quantitative estimate of drug-likeness (QED) is 0.590. The van der Waals surface area contributed by atoms with E-state index in [0.717, 1.165) is 0 Å². The van der Waals surface area contributed by atoms with E-state index in [4.69, 9.17) is 4.74 Å². The summed E-state index contributed by atoms with van der Waals surface area (Å²) in [6.07, 6.45) is -0.920. The Morgan fingerprint density at radius 3 is 1.75 bits per heavy atom. The van der Waals surface area contributed by atoms with Crippen molar-refractivity contribution in [2.24, 2.45) is 10.8 Å². The average Bonchev–Trinajstić information content (AvgIpc) is 1.78. The smallest absolute Gasteiger partial charge is 0.196 e. The van der Waals surface area contributed by atoms with Gasteiger partial charge in [0.2, 0.25) is 0 Å². The molecule has 0 aliphatic rings. The first-order valence-electron chi connectivity index (χ1n) is 4.40. The van der Waals surface area contributed by atoms with Gasteiger partial charge in [0.05, 0.1) is 6.61 Å². The van der Waals surface area contributed by atoms with E-state index in [-0.39, 0.29) is 10.8 Å². The molecule has 0 rings (SSSR count). The molecule has 0 bridgehead atoms. The molecule has 0 saturated carbocycles. The van der Waals surface area contributed by atoms with Gasteiger partial charge in [0.25, 0.3) is 0 Å². The molecule has 1 atom stereocenters. The highest BCUT2D eigenvalue weighted by molar-refractivity contribution is 4.66. The number of rotatable bonds is 2. The minimum Gasteiger partial charge on any atom is -0.349 e. The highest BCUT2D eigenvalue weighted by Gasteiger charge is 2.26. The fourth-order valence-electron chi connectivity index (χ4n) is 0.576. The van der Waals surface area contributed by atoms with E-state index in [2.05, 4.69) is 20.8 Å². The van der Waals surface area contributed by atoms with E-state index in [0.29, 0.717) is 6.61 Å². The molecule has 0 spiro atoms. The van der Waals surface area contributed by atoms with Gasteiger partial charge in [-0.1, -0.05) is 41.5 Å². The van der Waals surface area contributed by atoms with Crippen LogP contribution in [0.4, 0.5) is 0 Å². The second kappa shape index (κ2) is 3.75. The molecular formula is C10H21O2. The Kier molecular flexibility index (Phi) is 3.73. The second-order valence-electron chi connectivity index (χ2n) is 5.57. The summed E-state index contributed by atoms with van der Waals surface area (Å²) in [5, 5.41) is 11.4. The van der Waals surface area contributed by atoms with Crippen LogP contribution in [-0.4, -0.2) is 12.9 Å². The van der Waals surface area contributed by atoms with Gasteiger partial charge in [-0.05, 0) is 5.41 Å². The van der Waals surface area contributed by atoms with Crippen LogP contribution in [0.1, 0.15) is 41.5 Å². The van der Waals surface area contributed by atoms with Gasteiger partial charge in [0, 0.05) is 5.41 Å². The maximum atomic E-state index is 11.4. The molecular weight excluding hydrogens is 152 g/mol. The third-order valence-corrected chi connectivity index (χ3v) is 1.37. The Balaban J connectivity index is 3.80. The fraction of sp³-hybridized carbons (Fsp3) is 1.00. The standard InChI is InChI=1S/C10H21O2/c1-9(2,3)7-12-8(11)10(4,5)6/h8H,7H2,1-6H3. The molecule has 0 heterocycles. The van der Waals surface area contributed by atoms with Gasteiger partial charge in [0.15, 0.2) is 6.29 Å². The molecule has 0 aliphatic carbocycles. The lowest BCUT2D eigenvalue weighted by Gasteiger charge is -2.27. The summed E-state index contributed by atoms with van der Waals surface area (Å²) in [7, 11) is 0. The normalized spacial score (nSPS) is 16.2. The zero-order valence-corrected chi connectivity index (χ0v) is 9.10. The van der Waals surface area contributed by atoms with E-state index in [1.54, 1.807) is 0 Å². The van der Waals surface area contributed by atoms with Crippen LogP contribution in [0.25, 0.3) is 0 Å². The molecule has 0 N–H and O–H groups in total. The Labute approximate surface area is 75.9 Å². The van der Waals surface area contributed by atoms with E-state index < -0.39 is 6.29 Å². The summed E-state index contributed by atoms with van der Waals surface area (Å²) in [6, 6.07) is 0. The van der Waals surface area contributed by atoms with Crippen LogP contribution < -0.4 is 0 Å². The van der Waals surface area contributed by atoms with Crippen molar-refractivity contribution < 1.29 is 9.84 Å². The summed E-state index contributed by atoms with van der Waals surface area (Å²) in [6.45, 7) is 12.4. The topological polar surface area (TPSA) is 29.1 Å². The molecule has 0 aromatic heterocycles. The van der Waals surface area contributed by atoms with Crippen LogP contribution in [0.2, 0.25) is 0 Å². The van der Waals surface area contributed by atoms with Crippen molar-refractivity contribution in [3.8, 4) is 0 Å². The monoisotopic (exact) mass is 173 g/mol. The average molecular weight is 173 g/mol. The van der Waals surface area contributed by atoms with E-state index >= 15 is 0 Å². The van der Waals surface area contributed by atoms with Crippen LogP contribution in [-0.2, 0) is 9.84 Å². The van der Waals surface area contributed by atoms with Crippen molar-refractivity contribution in [1.82, 2.24) is 0 Å². The van der Waals surface area contributed by atoms with Gasteiger partial charge < -0.3 is 4.74 Å². The maximum Gasteiger partial charge on any atom is 0.196 e. The summed E-state index contributed by atoms with van der Waals surface area (Å²) in [4.78, 5) is 0. The number of hydrogen-bond acceptors (Lipinski definition) is 1. The Bertz CT molecular complexity index is 128. The molecule has 0 aliphatic heterocycles. The molecule has 1 unspecified atom stereocenters. The first-order valence-corrected chi connectivity index (χ1v) is 4.40. The Hall–Kier alpha value is -0.0800. The first kappa shape index (κ1) is 11.9. The van der Waals surface area contributed by atoms with Crippen LogP contribution in [0.15, 0.2) is 0 Å². The molecule has 2 nitrogen and oxygen atoms in total. The molecule has 0 aromatic carbocycles. The summed E-state index contributed by atoms with van der Waals surface area (Å²) < 4.78 is 5.22. The molecule has 0 aromatic rings. The summed E-state index contributed by atoms with van der Waals surface area (Å²) >= 11 is 0. The lowest BCUT2D eigenvalue weighted by Crippen LogP contribution is -2.30. The largest absolute Gasteiger partial charge is 0.349 e. The predicted molar refractivity (Wildman–Crippen MR) is 49.3 cm³/mol. The molecule has 0 amide bonds. The second-order valence-corrected chi connectivity index (χ2v) is 5.57. The summed E-state index contributed by atoms with van der Waals surface area (Å²) in [5.74, 6) is 0. The number of ether oxygens (including phenoxy) is 1. The van der Waals surface area contributed by atoms with E-state index in [1.807, 2.05) is 20.8 Å².